The monoisotopic (exact) mass is 315 g/mol. The molecule has 1 aliphatic rings. The van der Waals surface area contributed by atoms with Crippen LogP contribution in [0.2, 0.25) is 0 Å². The summed E-state index contributed by atoms with van der Waals surface area (Å²) >= 11 is 0. The summed E-state index contributed by atoms with van der Waals surface area (Å²) in [7, 11) is 1.97. The number of piperidine rings is 1. The Morgan fingerprint density at radius 2 is 1.68 bits per heavy atom. The molecule has 5 heteroatoms. The van der Waals surface area contributed by atoms with Gasteiger partial charge in [0, 0.05) is 13.0 Å². The van der Waals surface area contributed by atoms with Crippen LogP contribution >= 0.6 is 0 Å². The molecule has 0 aromatic carbocycles. The molecule has 1 heterocycles. The fraction of sp³-hybridized carbons (Fsp3) is 0.941. The molecule has 0 bridgehead atoms. The van der Waals surface area contributed by atoms with Crippen molar-refractivity contribution in [1.82, 2.24) is 4.90 Å². The van der Waals surface area contributed by atoms with Gasteiger partial charge in [-0.05, 0) is 26.3 Å². The fourth-order valence-electron chi connectivity index (χ4n) is 2.85. The van der Waals surface area contributed by atoms with Gasteiger partial charge in [-0.1, -0.05) is 39.5 Å². The first kappa shape index (κ1) is 19.4. The normalized spacial score (nSPS) is 21.9. The molecule has 0 amide bonds. The van der Waals surface area contributed by atoms with Gasteiger partial charge in [-0.15, -0.1) is 0 Å². The third-order valence-electron chi connectivity index (χ3n) is 4.40. The highest BCUT2D eigenvalue weighted by atomic mass is 16.7. The minimum Gasteiger partial charge on any atom is -0.481 e. The molecule has 0 aromatic rings. The molecule has 1 fully saturated rings. The number of ether oxygens (including phenoxy) is 2. The van der Waals surface area contributed by atoms with Crippen LogP contribution in [0.1, 0.15) is 65.2 Å². The quantitative estimate of drug-likeness (QED) is 0.467. The molecule has 1 atom stereocenters. The highest BCUT2D eigenvalue weighted by Gasteiger charge is 2.45. The van der Waals surface area contributed by atoms with Gasteiger partial charge in [-0.2, -0.15) is 0 Å². The van der Waals surface area contributed by atoms with Crippen LogP contribution in [0.15, 0.2) is 0 Å². The van der Waals surface area contributed by atoms with Gasteiger partial charge < -0.3 is 14.6 Å². The van der Waals surface area contributed by atoms with E-state index >= 15 is 0 Å². The van der Waals surface area contributed by atoms with E-state index in [0.29, 0.717) is 32.6 Å². The van der Waals surface area contributed by atoms with Crippen molar-refractivity contribution in [2.45, 2.75) is 71.1 Å². The van der Waals surface area contributed by atoms with Gasteiger partial charge in [0.25, 0.3) is 0 Å². The van der Waals surface area contributed by atoms with Crippen LogP contribution in [0.25, 0.3) is 0 Å². The zero-order valence-electron chi connectivity index (χ0n) is 14.5. The Labute approximate surface area is 135 Å². The average molecular weight is 315 g/mol. The summed E-state index contributed by atoms with van der Waals surface area (Å²) < 4.78 is 12.2. The summed E-state index contributed by atoms with van der Waals surface area (Å²) in [6.45, 7) is 6.25. The van der Waals surface area contributed by atoms with Crippen LogP contribution in [-0.2, 0) is 14.3 Å². The molecule has 5 nitrogen and oxygen atoms in total. The number of hydrogen-bond acceptors (Lipinski definition) is 4. The van der Waals surface area contributed by atoms with Gasteiger partial charge in [-0.25, -0.2) is 0 Å². The summed E-state index contributed by atoms with van der Waals surface area (Å²) in [5.41, 5.74) is 0. The number of carboxylic acid groups (broad SMARTS) is 1. The number of carbonyl (C=O) groups is 1. The van der Waals surface area contributed by atoms with Gasteiger partial charge in [0.15, 0.2) is 0 Å². The molecule has 130 valence electrons. The Bertz CT molecular complexity index is 310. The number of carboxylic acids is 1. The summed E-state index contributed by atoms with van der Waals surface area (Å²) in [6.07, 6.45) is 7.57. The maximum atomic E-state index is 11.4. The molecule has 1 aliphatic heterocycles. The molecule has 22 heavy (non-hydrogen) atoms. The van der Waals surface area contributed by atoms with E-state index in [-0.39, 0.29) is 5.92 Å². The minimum atomic E-state index is -0.858. The molecule has 1 rings (SSSR count). The van der Waals surface area contributed by atoms with Crippen LogP contribution in [-0.4, -0.2) is 48.7 Å². The van der Waals surface area contributed by atoms with Crippen LogP contribution in [0.4, 0.5) is 0 Å². The van der Waals surface area contributed by atoms with Crippen molar-refractivity contribution in [3.05, 3.63) is 0 Å². The summed E-state index contributed by atoms with van der Waals surface area (Å²) in [5.74, 6) is -1.98. The number of unbranched alkanes of at least 4 members (excludes halogenated alkanes) is 4. The molecule has 0 radical (unpaired) electrons. The molecule has 0 saturated carbocycles. The van der Waals surface area contributed by atoms with Gasteiger partial charge in [0.2, 0.25) is 5.91 Å². The van der Waals surface area contributed by atoms with Crippen LogP contribution in [0.3, 0.4) is 0 Å². The largest absolute Gasteiger partial charge is 0.481 e. The van der Waals surface area contributed by atoms with Crippen molar-refractivity contribution in [3.63, 3.8) is 0 Å². The fourth-order valence-corrected chi connectivity index (χ4v) is 2.85. The Balaban J connectivity index is 2.66. The Hall–Kier alpha value is -0.650. The zero-order valence-corrected chi connectivity index (χ0v) is 14.5. The van der Waals surface area contributed by atoms with Crippen molar-refractivity contribution >= 4 is 5.97 Å². The zero-order chi connectivity index (χ0) is 16.4. The Morgan fingerprint density at radius 3 is 2.14 bits per heavy atom. The highest BCUT2D eigenvalue weighted by Crippen LogP contribution is 2.34. The smallest absolute Gasteiger partial charge is 0.306 e. The summed E-state index contributed by atoms with van der Waals surface area (Å²) in [5, 5.41) is 9.35. The van der Waals surface area contributed by atoms with Crippen molar-refractivity contribution in [3.8, 4) is 0 Å². The third kappa shape index (κ3) is 5.86. The Kier molecular flexibility index (Phi) is 8.98. The number of aliphatic carboxylic acids is 1. The van der Waals surface area contributed by atoms with Crippen molar-refractivity contribution in [2.75, 3.05) is 26.8 Å². The van der Waals surface area contributed by atoms with Gasteiger partial charge in [0.05, 0.1) is 19.1 Å². The third-order valence-corrected chi connectivity index (χ3v) is 4.40. The molecule has 1 N–H and O–H groups in total. The second kappa shape index (κ2) is 10.2. The van der Waals surface area contributed by atoms with Crippen LogP contribution in [0, 0.1) is 5.92 Å². The Morgan fingerprint density at radius 1 is 1.14 bits per heavy atom. The number of hydrogen-bond donors (Lipinski definition) is 1. The average Bonchev–Trinajstić information content (AvgIpc) is 2.50. The predicted octanol–water partition coefficient (Wildman–Crippen LogP) is 3.48. The van der Waals surface area contributed by atoms with Gasteiger partial charge in [0.1, 0.15) is 0 Å². The van der Waals surface area contributed by atoms with E-state index < -0.39 is 11.9 Å². The standard InChI is InChI=1S/C17H33NO4/c1-4-6-8-12-21-17(22-13-9-7-5-2)14-15(16(19)20)10-11-18(17)3/h15H,4-14H2,1-3H3,(H,19,20). The molecule has 0 spiro atoms. The molecule has 1 unspecified atom stereocenters. The van der Waals surface area contributed by atoms with E-state index in [2.05, 4.69) is 13.8 Å². The van der Waals surface area contributed by atoms with Gasteiger partial charge >= 0.3 is 5.97 Å². The molecule has 0 aromatic heterocycles. The molecular formula is C17H33NO4. The molecule has 1 saturated heterocycles. The number of rotatable bonds is 11. The lowest BCUT2D eigenvalue weighted by atomic mass is 9.94. The summed E-state index contributed by atoms with van der Waals surface area (Å²) in [6, 6.07) is 0. The number of nitrogens with zero attached hydrogens (tertiary/aromatic N) is 1. The second-order valence-corrected chi connectivity index (χ2v) is 6.27. The first-order chi connectivity index (χ1) is 10.6. The van der Waals surface area contributed by atoms with E-state index in [1.807, 2.05) is 11.9 Å². The SMILES string of the molecule is CCCCCOC1(OCCCCC)CC(C(=O)O)CCN1C. The minimum absolute atomic E-state index is 0.381. The van der Waals surface area contributed by atoms with Crippen LogP contribution < -0.4 is 0 Å². The maximum absolute atomic E-state index is 11.4. The van der Waals surface area contributed by atoms with Crippen molar-refractivity contribution in [1.29, 1.82) is 0 Å². The van der Waals surface area contributed by atoms with Crippen molar-refractivity contribution in [2.24, 2.45) is 5.92 Å². The summed E-state index contributed by atoms with van der Waals surface area (Å²) in [4.78, 5) is 13.4. The van der Waals surface area contributed by atoms with E-state index in [1.54, 1.807) is 0 Å². The van der Waals surface area contributed by atoms with E-state index in [9.17, 15) is 9.90 Å². The lowest BCUT2D eigenvalue weighted by Crippen LogP contribution is -2.57. The maximum Gasteiger partial charge on any atom is 0.306 e. The topological polar surface area (TPSA) is 59.0 Å². The lowest BCUT2D eigenvalue weighted by molar-refractivity contribution is -0.330. The first-order valence-corrected chi connectivity index (χ1v) is 8.77. The van der Waals surface area contributed by atoms with E-state index in [1.165, 1.54) is 0 Å². The predicted molar refractivity (Wildman–Crippen MR) is 86.7 cm³/mol. The number of likely N-dealkylation sites (tertiary alicyclic amines) is 1. The van der Waals surface area contributed by atoms with E-state index in [4.69, 9.17) is 9.47 Å². The molecular weight excluding hydrogens is 282 g/mol. The second-order valence-electron chi connectivity index (χ2n) is 6.27. The first-order valence-electron chi connectivity index (χ1n) is 8.77. The highest BCUT2D eigenvalue weighted by molar-refractivity contribution is 5.70. The van der Waals surface area contributed by atoms with Crippen molar-refractivity contribution < 1.29 is 19.4 Å². The lowest BCUT2D eigenvalue weighted by Gasteiger charge is -2.46. The van der Waals surface area contributed by atoms with Crippen LogP contribution in [0.5, 0.6) is 0 Å². The molecule has 0 aliphatic carbocycles. The van der Waals surface area contributed by atoms with Gasteiger partial charge in [-0.3, -0.25) is 9.69 Å². The van der Waals surface area contributed by atoms with E-state index in [0.717, 1.165) is 38.5 Å².